The lowest BCUT2D eigenvalue weighted by Crippen LogP contribution is -2.21. The number of ether oxygens (including phenoxy) is 6. The van der Waals surface area contributed by atoms with Crippen molar-refractivity contribution in [1.29, 1.82) is 0 Å². The van der Waals surface area contributed by atoms with Gasteiger partial charge in [0.25, 0.3) is 0 Å². The number of benzene rings is 3. The maximum absolute atomic E-state index is 13.2. The van der Waals surface area contributed by atoms with Gasteiger partial charge in [0.2, 0.25) is 0 Å². The minimum atomic E-state index is -1.24. The van der Waals surface area contributed by atoms with Crippen molar-refractivity contribution in [2.45, 2.75) is 0 Å². The first-order chi connectivity index (χ1) is 24.4. The van der Waals surface area contributed by atoms with E-state index >= 15 is 0 Å². The zero-order valence-corrected chi connectivity index (χ0v) is 33.6. The molecule has 277 valence electrons. The van der Waals surface area contributed by atoms with Gasteiger partial charge >= 0.3 is 35.8 Å². The van der Waals surface area contributed by atoms with Gasteiger partial charge < -0.3 is 28.4 Å². The second-order valence-electron chi connectivity index (χ2n) is 9.53. The number of methoxy groups -OCH3 is 6. The smallest absolute Gasteiger partial charge is 0.340 e. The molecule has 0 saturated heterocycles. The Hall–Kier alpha value is -2.91. The summed E-state index contributed by atoms with van der Waals surface area (Å²) >= 11 is 60.6. The molecule has 3 rings (SSSR count). The van der Waals surface area contributed by atoms with Crippen LogP contribution in [-0.4, -0.2) is 78.5 Å². The fourth-order valence-corrected chi connectivity index (χ4v) is 8.34. The highest BCUT2D eigenvalue weighted by Gasteiger charge is 2.43. The predicted octanol–water partition coefficient (Wildman–Crippen LogP) is 9.31. The first-order valence-electron chi connectivity index (χ1n) is 13.3. The summed E-state index contributed by atoms with van der Waals surface area (Å²) in [6.45, 7) is 0. The molecule has 0 N–H and O–H groups in total. The summed E-state index contributed by atoms with van der Waals surface area (Å²) in [5.74, 6) is -8.13. The van der Waals surface area contributed by atoms with Crippen LogP contribution in [0.5, 0.6) is 0 Å². The number of halogens is 9. The largest absolute Gasteiger partial charge is 0.465 e. The summed E-state index contributed by atoms with van der Waals surface area (Å²) in [6, 6.07) is 0. The van der Waals surface area contributed by atoms with E-state index in [0.717, 1.165) is 42.7 Å². The van der Waals surface area contributed by atoms with Gasteiger partial charge in [-0.05, 0) is 0 Å². The van der Waals surface area contributed by atoms with Crippen molar-refractivity contribution >= 4 is 140 Å². The van der Waals surface area contributed by atoms with Gasteiger partial charge in [0.15, 0.2) is 0 Å². The molecule has 0 unspecified atom stereocenters. The molecular formula is C31H18Cl9O12. The second-order valence-corrected chi connectivity index (χ2v) is 12.9. The molecule has 0 spiro atoms. The number of esters is 6. The summed E-state index contributed by atoms with van der Waals surface area (Å²) in [6.07, 6.45) is 0. The van der Waals surface area contributed by atoms with Crippen LogP contribution in [0.4, 0.5) is 0 Å². The number of hydrogen-bond acceptors (Lipinski definition) is 12. The van der Waals surface area contributed by atoms with Crippen LogP contribution in [0.2, 0.25) is 45.2 Å². The van der Waals surface area contributed by atoms with Gasteiger partial charge in [-0.3, -0.25) is 0 Å². The molecule has 0 aromatic heterocycles. The summed E-state index contributed by atoms with van der Waals surface area (Å²) in [5.41, 5.74) is -6.28. The van der Waals surface area contributed by atoms with E-state index in [2.05, 4.69) is 0 Å². The van der Waals surface area contributed by atoms with Gasteiger partial charge in [-0.1, -0.05) is 104 Å². The first-order valence-corrected chi connectivity index (χ1v) is 16.8. The highest BCUT2D eigenvalue weighted by molar-refractivity contribution is 6.50. The molecular weight excluding hydrogens is 883 g/mol. The highest BCUT2D eigenvalue weighted by Crippen LogP contribution is 2.55. The van der Waals surface area contributed by atoms with Gasteiger partial charge in [0.1, 0.15) is 0 Å². The van der Waals surface area contributed by atoms with Gasteiger partial charge in [0, 0.05) is 16.7 Å². The summed E-state index contributed by atoms with van der Waals surface area (Å²) in [7, 11) is 5.68. The minimum Gasteiger partial charge on any atom is -0.465 e. The van der Waals surface area contributed by atoms with E-state index < -0.39 is 137 Å². The molecule has 0 fully saturated rings. The van der Waals surface area contributed by atoms with Crippen LogP contribution in [0.3, 0.4) is 0 Å². The Balaban J connectivity index is 3.01. The fraction of sp³-hybridized carbons (Fsp3) is 0.194. The van der Waals surface area contributed by atoms with E-state index in [9.17, 15) is 28.8 Å². The van der Waals surface area contributed by atoms with Crippen molar-refractivity contribution in [2.75, 3.05) is 42.7 Å². The van der Waals surface area contributed by atoms with Crippen LogP contribution >= 0.6 is 104 Å². The van der Waals surface area contributed by atoms with Crippen LogP contribution in [0, 0.1) is 5.92 Å². The molecule has 0 saturated carbocycles. The van der Waals surface area contributed by atoms with Crippen LogP contribution in [0.15, 0.2) is 0 Å². The van der Waals surface area contributed by atoms with E-state index in [0.29, 0.717) is 0 Å². The molecule has 52 heavy (non-hydrogen) atoms. The Bertz CT molecular complexity index is 1720. The zero-order valence-electron chi connectivity index (χ0n) is 26.8. The Morgan fingerprint density at radius 2 is 0.385 bits per heavy atom. The van der Waals surface area contributed by atoms with E-state index in [4.69, 9.17) is 133 Å². The Kier molecular flexibility index (Phi) is 14.6. The van der Waals surface area contributed by atoms with Crippen LogP contribution in [0.1, 0.15) is 78.8 Å². The van der Waals surface area contributed by atoms with Gasteiger partial charge in [-0.15, -0.1) is 0 Å². The molecule has 0 heterocycles. The molecule has 1 radical (unpaired) electrons. The summed E-state index contributed by atoms with van der Waals surface area (Å²) in [5, 5.41) is -6.39. The molecule has 12 nitrogen and oxygen atoms in total. The van der Waals surface area contributed by atoms with E-state index in [1.165, 1.54) is 0 Å². The standard InChI is InChI=1S/C31H18Cl9O12/c1-47-26(41)11-17(32)8(18(33)12(23(11)38)27(42)48-2)7(9-19(34)13(28(43)49-3)24(39)14(20(9)35)29(44)50-4)10-21(36)15(30(45)51-5)25(40)16(22(10)37)31(46)52-6/h1-6H3. The predicted molar refractivity (Wildman–Crippen MR) is 193 cm³/mol. The van der Waals surface area contributed by atoms with Crippen LogP contribution in [-0.2, 0) is 28.4 Å². The maximum Gasteiger partial charge on any atom is 0.340 e. The third kappa shape index (κ3) is 7.30. The molecule has 0 aliphatic heterocycles. The normalized spacial score (nSPS) is 10.8. The van der Waals surface area contributed by atoms with Crippen molar-refractivity contribution in [3.05, 3.63) is 101 Å². The lowest BCUT2D eigenvalue weighted by molar-refractivity contribution is 0.0582. The molecule has 21 heteroatoms. The molecule has 3 aromatic rings. The van der Waals surface area contributed by atoms with Crippen molar-refractivity contribution < 1.29 is 57.2 Å². The highest BCUT2D eigenvalue weighted by atomic mass is 35.5. The Morgan fingerprint density at radius 3 is 0.500 bits per heavy atom. The van der Waals surface area contributed by atoms with E-state index in [1.807, 2.05) is 0 Å². The van der Waals surface area contributed by atoms with Crippen molar-refractivity contribution in [3.63, 3.8) is 0 Å². The second kappa shape index (κ2) is 17.5. The molecule has 0 bridgehead atoms. The molecule has 0 atom stereocenters. The average Bonchev–Trinajstić information content (AvgIpc) is 3.10. The topological polar surface area (TPSA) is 158 Å². The maximum atomic E-state index is 13.2. The van der Waals surface area contributed by atoms with Crippen molar-refractivity contribution in [1.82, 2.24) is 0 Å². The minimum absolute atomic E-state index is 0.663. The lowest BCUT2D eigenvalue weighted by atomic mass is 9.80. The number of carbonyl (C=O) groups excluding carboxylic acids is 6. The molecule has 0 aliphatic rings. The zero-order chi connectivity index (χ0) is 39.7. The molecule has 0 aliphatic carbocycles. The third-order valence-electron chi connectivity index (χ3n) is 7.04. The molecule has 3 aromatic carbocycles. The lowest BCUT2D eigenvalue weighted by Gasteiger charge is -2.29. The Labute approximate surface area is 339 Å². The monoisotopic (exact) mass is 897 g/mol. The number of rotatable bonds is 9. The Morgan fingerprint density at radius 1 is 0.269 bits per heavy atom. The summed E-state index contributed by atoms with van der Waals surface area (Å²) in [4.78, 5) is 79.1. The quantitative estimate of drug-likeness (QED) is 0.114. The fourth-order valence-electron chi connectivity index (χ4n) is 4.71. The average molecular weight is 902 g/mol. The summed E-state index contributed by atoms with van der Waals surface area (Å²) < 4.78 is 29.1. The van der Waals surface area contributed by atoms with Crippen molar-refractivity contribution in [2.24, 2.45) is 0 Å². The van der Waals surface area contributed by atoms with E-state index in [1.54, 1.807) is 0 Å². The van der Waals surface area contributed by atoms with Gasteiger partial charge in [0.05, 0.1) is 127 Å². The first kappa shape index (κ1) is 43.5. The number of carbonyl (C=O) groups is 6. The molecule has 0 amide bonds. The van der Waals surface area contributed by atoms with Crippen molar-refractivity contribution in [3.8, 4) is 0 Å². The SMILES string of the molecule is COC(=O)c1c(Cl)c([C](c2c(Cl)c(C(=O)OC)c(Cl)c(C(=O)OC)c2Cl)c2c(Cl)c(C(=O)OC)c(Cl)c(C(=O)OC)c2Cl)c(Cl)c(C(=O)OC)c1Cl. The van der Waals surface area contributed by atoms with Gasteiger partial charge in [-0.25, -0.2) is 28.8 Å². The number of hydrogen-bond donors (Lipinski definition) is 0. The van der Waals surface area contributed by atoms with E-state index in [-0.39, 0.29) is 0 Å². The third-order valence-corrected chi connectivity index (χ3v) is 10.4. The van der Waals surface area contributed by atoms with Gasteiger partial charge in [-0.2, -0.15) is 0 Å². The van der Waals surface area contributed by atoms with Crippen LogP contribution in [0.25, 0.3) is 0 Å². The van der Waals surface area contributed by atoms with Crippen LogP contribution < -0.4 is 0 Å².